The highest BCUT2D eigenvalue weighted by atomic mass is 32.2. The Labute approximate surface area is 104 Å². The molecular formula is C11H23N3O2S. The fourth-order valence-corrected chi connectivity index (χ4v) is 3.82. The highest BCUT2D eigenvalue weighted by molar-refractivity contribution is 7.87. The number of piperidine rings is 1. The van der Waals surface area contributed by atoms with Gasteiger partial charge in [-0.25, -0.2) is 4.72 Å². The van der Waals surface area contributed by atoms with E-state index in [4.69, 9.17) is 0 Å². The number of hydrogen-bond donors (Lipinski definition) is 2. The maximum Gasteiger partial charge on any atom is 0.279 e. The zero-order valence-corrected chi connectivity index (χ0v) is 11.3. The van der Waals surface area contributed by atoms with Gasteiger partial charge in [-0.05, 0) is 25.7 Å². The van der Waals surface area contributed by atoms with Gasteiger partial charge in [0.1, 0.15) is 0 Å². The maximum atomic E-state index is 12.0. The fraction of sp³-hybridized carbons (Fsp3) is 1.00. The Morgan fingerprint density at radius 2 is 2.00 bits per heavy atom. The van der Waals surface area contributed by atoms with Crippen LogP contribution in [0.1, 0.15) is 39.0 Å². The van der Waals surface area contributed by atoms with Crippen molar-refractivity contribution in [2.75, 3.05) is 19.6 Å². The van der Waals surface area contributed by atoms with E-state index in [1.165, 1.54) is 12.8 Å². The second kappa shape index (κ2) is 5.65. The quantitative estimate of drug-likeness (QED) is 0.729. The summed E-state index contributed by atoms with van der Waals surface area (Å²) < 4.78 is 28.3. The highest BCUT2D eigenvalue weighted by Gasteiger charge is 2.32. The van der Waals surface area contributed by atoms with Crippen molar-refractivity contribution < 1.29 is 8.42 Å². The Morgan fingerprint density at radius 1 is 1.24 bits per heavy atom. The second-order valence-electron chi connectivity index (χ2n) is 4.95. The van der Waals surface area contributed by atoms with Gasteiger partial charge in [0.15, 0.2) is 0 Å². The molecule has 1 atom stereocenters. The Bertz CT molecular complexity index is 341. The average molecular weight is 261 g/mol. The molecule has 0 radical (unpaired) electrons. The summed E-state index contributed by atoms with van der Waals surface area (Å²) in [4.78, 5) is 0. The lowest BCUT2D eigenvalue weighted by Gasteiger charge is -2.34. The summed E-state index contributed by atoms with van der Waals surface area (Å²) in [6.07, 6.45) is 5.57. The molecule has 0 aromatic rings. The summed E-state index contributed by atoms with van der Waals surface area (Å²) in [5, 5.41) is 3.44. The molecular weight excluding hydrogens is 238 g/mol. The molecule has 17 heavy (non-hydrogen) atoms. The topological polar surface area (TPSA) is 61.4 Å². The third kappa shape index (κ3) is 3.64. The minimum absolute atomic E-state index is 0.133. The van der Waals surface area contributed by atoms with E-state index in [1.54, 1.807) is 4.31 Å². The second-order valence-corrected chi connectivity index (χ2v) is 6.65. The molecule has 1 heterocycles. The van der Waals surface area contributed by atoms with Gasteiger partial charge in [-0.1, -0.05) is 13.3 Å². The highest BCUT2D eigenvalue weighted by Crippen LogP contribution is 2.22. The van der Waals surface area contributed by atoms with E-state index in [9.17, 15) is 8.42 Å². The van der Waals surface area contributed by atoms with Gasteiger partial charge in [-0.2, -0.15) is 12.7 Å². The summed E-state index contributed by atoms with van der Waals surface area (Å²) in [6, 6.07) is 0.772. The first-order valence-corrected chi connectivity index (χ1v) is 8.07. The zero-order valence-electron chi connectivity index (χ0n) is 10.5. The maximum absolute atomic E-state index is 12.0. The van der Waals surface area contributed by atoms with Crippen LogP contribution >= 0.6 is 0 Å². The van der Waals surface area contributed by atoms with E-state index in [0.717, 1.165) is 25.8 Å². The van der Waals surface area contributed by atoms with Crippen LogP contribution in [0.2, 0.25) is 0 Å². The largest absolute Gasteiger partial charge is 0.312 e. The van der Waals surface area contributed by atoms with Crippen LogP contribution in [-0.2, 0) is 10.2 Å². The fourth-order valence-electron chi connectivity index (χ4n) is 2.35. The molecule has 5 nitrogen and oxygen atoms in total. The molecule has 0 aromatic heterocycles. The van der Waals surface area contributed by atoms with Crippen molar-refractivity contribution in [1.29, 1.82) is 0 Å². The van der Waals surface area contributed by atoms with Gasteiger partial charge >= 0.3 is 0 Å². The van der Waals surface area contributed by atoms with Gasteiger partial charge in [-0.3, -0.25) is 0 Å². The van der Waals surface area contributed by atoms with Gasteiger partial charge in [0.05, 0.1) is 0 Å². The lowest BCUT2D eigenvalue weighted by Crippen LogP contribution is -2.52. The van der Waals surface area contributed by atoms with Gasteiger partial charge < -0.3 is 5.32 Å². The lowest BCUT2D eigenvalue weighted by molar-refractivity contribution is 0.242. The van der Waals surface area contributed by atoms with Crippen LogP contribution in [0.5, 0.6) is 0 Å². The molecule has 1 saturated carbocycles. The van der Waals surface area contributed by atoms with Crippen LogP contribution in [0, 0.1) is 0 Å². The molecule has 1 aliphatic heterocycles. The SMILES string of the molecule is CCNS(=O)(=O)N1CCCCC1CNC1CC1. The summed E-state index contributed by atoms with van der Waals surface area (Å²) in [7, 11) is -3.27. The van der Waals surface area contributed by atoms with E-state index in [2.05, 4.69) is 10.0 Å². The van der Waals surface area contributed by atoms with Crippen molar-refractivity contribution in [2.45, 2.75) is 51.1 Å². The van der Waals surface area contributed by atoms with Crippen molar-refractivity contribution in [2.24, 2.45) is 0 Å². The third-order valence-electron chi connectivity index (χ3n) is 3.43. The van der Waals surface area contributed by atoms with E-state index in [0.29, 0.717) is 19.1 Å². The molecule has 2 fully saturated rings. The summed E-state index contributed by atoms with van der Waals surface area (Å²) in [6.45, 7) is 3.74. The lowest BCUT2D eigenvalue weighted by atomic mass is 10.1. The van der Waals surface area contributed by atoms with Crippen LogP contribution in [0.4, 0.5) is 0 Å². The van der Waals surface area contributed by atoms with Crippen molar-refractivity contribution in [3.8, 4) is 0 Å². The van der Waals surface area contributed by atoms with Gasteiger partial charge in [0.2, 0.25) is 0 Å². The summed E-state index contributed by atoms with van der Waals surface area (Å²) >= 11 is 0. The van der Waals surface area contributed by atoms with Crippen molar-refractivity contribution in [1.82, 2.24) is 14.3 Å². The average Bonchev–Trinajstić information content (AvgIpc) is 3.10. The zero-order chi connectivity index (χ0) is 12.3. The monoisotopic (exact) mass is 261 g/mol. The van der Waals surface area contributed by atoms with Crippen LogP contribution in [0.15, 0.2) is 0 Å². The Hall–Kier alpha value is -0.170. The van der Waals surface area contributed by atoms with E-state index < -0.39 is 10.2 Å². The molecule has 1 unspecified atom stereocenters. The molecule has 0 amide bonds. The standard InChI is InChI=1S/C11H23N3O2S/c1-2-13-17(15,16)14-8-4-3-5-11(14)9-12-10-6-7-10/h10-13H,2-9H2,1H3. The van der Waals surface area contributed by atoms with Gasteiger partial charge in [0, 0.05) is 31.7 Å². The number of hydrogen-bond acceptors (Lipinski definition) is 3. The van der Waals surface area contributed by atoms with Crippen LogP contribution in [0.3, 0.4) is 0 Å². The number of rotatable bonds is 6. The Balaban J connectivity index is 1.94. The molecule has 0 aromatic carbocycles. The first kappa shape index (κ1) is 13.3. The van der Waals surface area contributed by atoms with Crippen molar-refractivity contribution in [3.63, 3.8) is 0 Å². The minimum atomic E-state index is -3.27. The van der Waals surface area contributed by atoms with Crippen molar-refractivity contribution in [3.05, 3.63) is 0 Å². The summed E-state index contributed by atoms with van der Waals surface area (Å²) in [5.41, 5.74) is 0. The van der Waals surface area contributed by atoms with Crippen LogP contribution in [0.25, 0.3) is 0 Å². The molecule has 0 spiro atoms. The number of nitrogens with zero attached hydrogens (tertiary/aromatic N) is 1. The molecule has 1 saturated heterocycles. The Kier molecular flexibility index (Phi) is 4.41. The molecule has 2 rings (SSSR count). The van der Waals surface area contributed by atoms with Gasteiger partial charge in [0.25, 0.3) is 10.2 Å². The first-order chi connectivity index (χ1) is 8.13. The van der Waals surface area contributed by atoms with Crippen molar-refractivity contribution >= 4 is 10.2 Å². The third-order valence-corrected chi connectivity index (χ3v) is 5.18. The Morgan fingerprint density at radius 3 is 2.65 bits per heavy atom. The summed E-state index contributed by atoms with van der Waals surface area (Å²) in [5.74, 6) is 0. The smallest absolute Gasteiger partial charge is 0.279 e. The van der Waals surface area contributed by atoms with E-state index >= 15 is 0 Å². The first-order valence-electron chi connectivity index (χ1n) is 6.63. The number of nitrogens with one attached hydrogen (secondary N) is 2. The molecule has 2 N–H and O–H groups in total. The molecule has 2 aliphatic rings. The van der Waals surface area contributed by atoms with Gasteiger partial charge in [-0.15, -0.1) is 0 Å². The molecule has 100 valence electrons. The predicted molar refractivity (Wildman–Crippen MR) is 68.0 cm³/mol. The minimum Gasteiger partial charge on any atom is -0.312 e. The molecule has 0 bridgehead atoms. The van der Waals surface area contributed by atoms with E-state index in [-0.39, 0.29) is 6.04 Å². The predicted octanol–water partition coefficient (Wildman–Crippen LogP) is 0.447. The normalized spacial score (nSPS) is 27.2. The van der Waals surface area contributed by atoms with Crippen LogP contribution in [-0.4, -0.2) is 44.4 Å². The van der Waals surface area contributed by atoms with Crippen LogP contribution < -0.4 is 10.0 Å². The molecule has 1 aliphatic carbocycles. The van der Waals surface area contributed by atoms with E-state index in [1.807, 2.05) is 6.92 Å². The molecule has 6 heteroatoms.